The highest BCUT2D eigenvalue weighted by Gasteiger charge is 2.46. The number of carboxylic acid groups (broad SMARTS) is 1. The normalized spacial score (nSPS) is 19.8. The predicted octanol–water partition coefficient (Wildman–Crippen LogP) is 0.587. The number of hydrogen-bond donors (Lipinski definition) is 1. The monoisotopic (exact) mass is 231 g/mol. The van der Waals surface area contributed by atoms with Crippen molar-refractivity contribution in [1.29, 1.82) is 0 Å². The zero-order chi connectivity index (χ0) is 12.2. The maximum atomic E-state index is 11.4. The van der Waals surface area contributed by atoms with Crippen LogP contribution in [0.15, 0.2) is 0 Å². The van der Waals surface area contributed by atoms with Crippen LogP contribution in [0.5, 0.6) is 0 Å². The Balaban J connectivity index is 2.73. The molecule has 1 aliphatic rings. The third-order valence-corrected chi connectivity index (χ3v) is 3.04. The van der Waals surface area contributed by atoms with E-state index >= 15 is 0 Å². The number of ether oxygens (including phenoxy) is 2. The fourth-order valence-corrected chi connectivity index (χ4v) is 1.96. The van der Waals surface area contributed by atoms with Crippen LogP contribution in [0.25, 0.3) is 0 Å². The molecule has 0 aromatic rings. The van der Waals surface area contributed by atoms with Crippen molar-refractivity contribution in [1.82, 2.24) is 4.90 Å². The Morgan fingerprint density at radius 1 is 1.44 bits per heavy atom. The summed E-state index contributed by atoms with van der Waals surface area (Å²) in [5.74, 6) is -0.836. The molecule has 0 bridgehead atoms. The van der Waals surface area contributed by atoms with Gasteiger partial charge in [-0.1, -0.05) is 0 Å². The Hall–Kier alpha value is -0.650. The minimum absolute atomic E-state index is 0.197. The summed E-state index contributed by atoms with van der Waals surface area (Å²) >= 11 is 0. The summed E-state index contributed by atoms with van der Waals surface area (Å²) < 4.78 is 10.1. The summed E-state index contributed by atoms with van der Waals surface area (Å²) in [4.78, 5) is 13.4. The van der Waals surface area contributed by atoms with E-state index in [0.717, 1.165) is 12.8 Å². The number of rotatable bonds is 8. The van der Waals surface area contributed by atoms with E-state index in [0.29, 0.717) is 19.2 Å². The molecule has 0 heterocycles. The fraction of sp³-hybridized carbons (Fsp3) is 0.909. The van der Waals surface area contributed by atoms with Crippen molar-refractivity contribution in [2.75, 3.05) is 34.0 Å². The molecule has 1 unspecified atom stereocenters. The van der Waals surface area contributed by atoms with E-state index in [1.807, 2.05) is 4.90 Å². The molecule has 1 saturated carbocycles. The van der Waals surface area contributed by atoms with Crippen LogP contribution < -0.4 is 0 Å². The second kappa shape index (κ2) is 5.61. The number of carboxylic acids is 1. The molecular formula is C11H21NO4. The van der Waals surface area contributed by atoms with Crippen LogP contribution in [-0.2, 0) is 14.3 Å². The van der Waals surface area contributed by atoms with Crippen LogP contribution in [-0.4, -0.2) is 61.5 Å². The van der Waals surface area contributed by atoms with Gasteiger partial charge in [0, 0.05) is 26.8 Å². The molecule has 16 heavy (non-hydrogen) atoms. The highest BCUT2D eigenvalue weighted by molar-refractivity contribution is 5.78. The second-order valence-electron chi connectivity index (χ2n) is 4.43. The summed E-state index contributed by atoms with van der Waals surface area (Å²) in [7, 11) is 3.15. The molecule has 0 aliphatic heterocycles. The topological polar surface area (TPSA) is 59.0 Å². The number of aliphatic carboxylic acids is 1. The first kappa shape index (κ1) is 13.4. The highest BCUT2D eigenvalue weighted by Crippen LogP contribution is 2.33. The Bertz CT molecular complexity index is 242. The van der Waals surface area contributed by atoms with Gasteiger partial charge >= 0.3 is 5.97 Å². The molecule has 0 aromatic carbocycles. The average Bonchev–Trinajstić information content (AvgIpc) is 3.02. The number of nitrogens with zero attached hydrogens (tertiary/aromatic N) is 1. The minimum Gasteiger partial charge on any atom is -0.480 e. The van der Waals surface area contributed by atoms with Crippen molar-refractivity contribution < 1.29 is 19.4 Å². The lowest BCUT2D eigenvalue weighted by atomic mass is 10.0. The van der Waals surface area contributed by atoms with Crippen LogP contribution in [0.3, 0.4) is 0 Å². The van der Waals surface area contributed by atoms with Crippen molar-refractivity contribution in [2.45, 2.75) is 31.3 Å². The number of hydrogen-bond acceptors (Lipinski definition) is 4. The average molecular weight is 231 g/mol. The van der Waals surface area contributed by atoms with Gasteiger partial charge in [-0.15, -0.1) is 0 Å². The molecule has 0 saturated heterocycles. The van der Waals surface area contributed by atoms with E-state index in [-0.39, 0.29) is 6.61 Å². The van der Waals surface area contributed by atoms with Gasteiger partial charge in [-0.05, 0) is 19.8 Å². The number of carbonyl (C=O) groups is 1. The van der Waals surface area contributed by atoms with Gasteiger partial charge in [-0.25, -0.2) is 0 Å². The van der Waals surface area contributed by atoms with Crippen molar-refractivity contribution in [2.24, 2.45) is 0 Å². The Labute approximate surface area is 96.3 Å². The van der Waals surface area contributed by atoms with E-state index in [1.165, 1.54) is 7.11 Å². The molecular weight excluding hydrogens is 210 g/mol. The van der Waals surface area contributed by atoms with Crippen LogP contribution in [0.4, 0.5) is 0 Å². The molecule has 1 fully saturated rings. The molecule has 0 amide bonds. The maximum absolute atomic E-state index is 11.4. The summed E-state index contributed by atoms with van der Waals surface area (Å²) in [6.45, 7) is 3.09. The van der Waals surface area contributed by atoms with Crippen LogP contribution in [0, 0.1) is 0 Å². The molecule has 5 nitrogen and oxygen atoms in total. The summed E-state index contributed by atoms with van der Waals surface area (Å²) in [6.07, 6.45) is 2.13. The second-order valence-corrected chi connectivity index (χ2v) is 4.43. The molecule has 94 valence electrons. The molecule has 1 atom stereocenters. The smallest absolute Gasteiger partial charge is 0.326 e. The Morgan fingerprint density at radius 3 is 2.44 bits per heavy atom. The highest BCUT2D eigenvalue weighted by atomic mass is 16.5. The van der Waals surface area contributed by atoms with Crippen LogP contribution in [0.1, 0.15) is 19.8 Å². The van der Waals surface area contributed by atoms with Crippen molar-refractivity contribution in [3.63, 3.8) is 0 Å². The standard InChI is InChI=1S/C11H21NO4/c1-11(8-16-3,10(13)14)12(6-7-15-2)9-4-5-9/h9H,4-8H2,1-3H3,(H,13,14). The number of methoxy groups -OCH3 is 2. The molecule has 0 aromatic heterocycles. The van der Waals surface area contributed by atoms with Gasteiger partial charge in [0.25, 0.3) is 0 Å². The molecule has 1 aliphatic carbocycles. The minimum atomic E-state index is -0.950. The molecule has 0 spiro atoms. The van der Waals surface area contributed by atoms with Crippen molar-refractivity contribution in [3.05, 3.63) is 0 Å². The van der Waals surface area contributed by atoms with Crippen molar-refractivity contribution >= 4 is 5.97 Å². The van der Waals surface area contributed by atoms with Gasteiger partial charge in [0.1, 0.15) is 5.54 Å². The molecule has 1 N–H and O–H groups in total. The molecule has 0 radical (unpaired) electrons. The lowest BCUT2D eigenvalue weighted by Gasteiger charge is -2.37. The van der Waals surface area contributed by atoms with E-state index in [9.17, 15) is 9.90 Å². The van der Waals surface area contributed by atoms with E-state index in [1.54, 1.807) is 14.0 Å². The lowest BCUT2D eigenvalue weighted by molar-refractivity contribution is -0.155. The van der Waals surface area contributed by atoms with Gasteiger partial charge in [0.05, 0.1) is 13.2 Å². The van der Waals surface area contributed by atoms with Gasteiger partial charge in [0.15, 0.2) is 0 Å². The van der Waals surface area contributed by atoms with Crippen LogP contribution >= 0.6 is 0 Å². The maximum Gasteiger partial charge on any atom is 0.326 e. The Morgan fingerprint density at radius 2 is 2.06 bits per heavy atom. The van der Waals surface area contributed by atoms with Gasteiger partial charge in [0.2, 0.25) is 0 Å². The molecule has 1 rings (SSSR count). The fourth-order valence-electron chi connectivity index (χ4n) is 1.96. The van der Waals surface area contributed by atoms with Gasteiger partial charge in [-0.3, -0.25) is 9.69 Å². The summed E-state index contributed by atoms with van der Waals surface area (Å²) in [5.41, 5.74) is -0.950. The zero-order valence-corrected chi connectivity index (χ0v) is 10.2. The first-order chi connectivity index (χ1) is 7.56. The first-order valence-corrected chi connectivity index (χ1v) is 5.54. The SMILES string of the molecule is COCCN(C1CC1)C(C)(COC)C(=O)O. The predicted molar refractivity (Wildman–Crippen MR) is 59.5 cm³/mol. The van der Waals surface area contributed by atoms with Crippen molar-refractivity contribution in [3.8, 4) is 0 Å². The first-order valence-electron chi connectivity index (χ1n) is 5.54. The van der Waals surface area contributed by atoms with Gasteiger partial charge < -0.3 is 14.6 Å². The van der Waals surface area contributed by atoms with E-state index < -0.39 is 11.5 Å². The van der Waals surface area contributed by atoms with E-state index in [4.69, 9.17) is 9.47 Å². The summed E-state index contributed by atoms with van der Waals surface area (Å²) in [5, 5.41) is 9.35. The van der Waals surface area contributed by atoms with Crippen LogP contribution in [0.2, 0.25) is 0 Å². The lowest BCUT2D eigenvalue weighted by Crippen LogP contribution is -2.57. The molecule has 5 heteroatoms. The van der Waals surface area contributed by atoms with Gasteiger partial charge in [-0.2, -0.15) is 0 Å². The van der Waals surface area contributed by atoms with E-state index in [2.05, 4.69) is 0 Å². The quantitative estimate of drug-likeness (QED) is 0.662. The summed E-state index contributed by atoms with van der Waals surface area (Å²) in [6, 6.07) is 0.367. The third kappa shape index (κ3) is 2.93. The Kier molecular flexibility index (Phi) is 4.70. The third-order valence-electron chi connectivity index (χ3n) is 3.04. The largest absolute Gasteiger partial charge is 0.480 e. The zero-order valence-electron chi connectivity index (χ0n) is 10.2.